The van der Waals surface area contributed by atoms with Crippen molar-refractivity contribution in [3.8, 4) is 17.0 Å². The lowest BCUT2D eigenvalue weighted by molar-refractivity contribution is 0.416. The molecule has 0 bridgehead atoms. The van der Waals surface area contributed by atoms with Crippen molar-refractivity contribution in [1.82, 2.24) is 19.9 Å². The van der Waals surface area contributed by atoms with Crippen LogP contribution in [0.5, 0.6) is 5.75 Å². The van der Waals surface area contributed by atoms with E-state index in [-0.39, 0.29) is 16.3 Å². The van der Waals surface area contributed by atoms with E-state index < -0.39 is 0 Å². The molecule has 2 N–H and O–H groups in total. The number of nitrogens with zero attached hydrogens (tertiary/aromatic N) is 2. The Labute approximate surface area is 146 Å². The van der Waals surface area contributed by atoms with Crippen molar-refractivity contribution in [2.75, 3.05) is 7.11 Å². The molecular weight excluding hydrogens is 355 g/mol. The summed E-state index contributed by atoms with van der Waals surface area (Å²) in [6.07, 6.45) is 2.60. The molecular formula is C15H12Cl2N4O3. The van der Waals surface area contributed by atoms with Crippen LogP contribution < -0.4 is 15.9 Å². The third kappa shape index (κ3) is 4.94. The van der Waals surface area contributed by atoms with Crippen LogP contribution in [-0.2, 0) is 0 Å². The van der Waals surface area contributed by atoms with Gasteiger partial charge in [-0.2, -0.15) is 0 Å². The van der Waals surface area contributed by atoms with Crippen molar-refractivity contribution >= 4 is 23.2 Å². The molecule has 0 aliphatic rings. The molecule has 0 amide bonds. The van der Waals surface area contributed by atoms with Gasteiger partial charge in [0.05, 0.1) is 25.5 Å². The number of methoxy groups -OCH3 is 1. The van der Waals surface area contributed by atoms with Gasteiger partial charge in [-0.3, -0.25) is 9.59 Å². The molecule has 0 fully saturated rings. The molecule has 24 heavy (non-hydrogen) atoms. The van der Waals surface area contributed by atoms with Crippen LogP contribution in [0, 0.1) is 0 Å². The Bertz CT molecular complexity index is 940. The number of benzene rings is 1. The highest BCUT2D eigenvalue weighted by atomic mass is 35.5. The number of hydrogen-bond acceptors (Lipinski definition) is 5. The van der Waals surface area contributed by atoms with E-state index in [1.54, 1.807) is 25.3 Å². The molecule has 0 spiro atoms. The van der Waals surface area contributed by atoms with E-state index >= 15 is 0 Å². The zero-order valence-corrected chi connectivity index (χ0v) is 13.9. The molecule has 0 radical (unpaired) electrons. The molecule has 0 aliphatic carbocycles. The van der Waals surface area contributed by atoms with Crippen LogP contribution >= 0.6 is 23.2 Å². The molecule has 7 nitrogen and oxygen atoms in total. The second-order valence-electron chi connectivity index (χ2n) is 4.37. The van der Waals surface area contributed by atoms with E-state index in [2.05, 4.69) is 19.9 Å². The van der Waals surface area contributed by atoms with Crippen LogP contribution in [-0.4, -0.2) is 27.0 Å². The van der Waals surface area contributed by atoms with Gasteiger partial charge in [0.2, 0.25) is 0 Å². The van der Waals surface area contributed by atoms with Gasteiger partial charge in [-0.15, -0.1) is 0 Å². The van der Waals surface area contributed by atoms with E-state index in [0.717, 1.165) is 0 Å². The lowest BCUT2D eigenvalue weighted by atomic mass is 10.1. The van der Waals surface area contributed by atoms with E-state index in [1.165, 1.54) is 24.8 Å². The summed E-state index contributed by atoms with van der Waals surface area (Å²) in [7, 11) is 1.56. The Hall–Kier alpha value is -2.64. The molecule has 3 rings (SSSR count). The fourth-order valence-corrected chi connectivity index (χ4v) is 2.06. The maximum atomic E-state index is 11.2. The number of aromatic nitrogens is 4. The molecule has 1 aromatic carbocycles. The van der Waals surface area contributed by atoms with Gasteiger partial charge < -0.3 is 14.7 Å². The lowest BCUT2D eigenvalue weighted by Crippen LogP contribution is -2.04. The fourth-order valence-electron chi connectivity index (χ4n) is 1.74. The molecule has 2 aromatic heterocycles. The van der Waals surface area contributed by atoms with Crippen LogP contribution in [0.1, 0.15) is 0 Å². The molecule has 0 saturated heterocycles. The van der Waals surface area contributed by atoms with Gasteiger partial charge in [0.15, 0.2) is 0 Å². The number of hydrogen-bond donors (Lipinski definition) is 2. The standard InChI is InChI=1S/C11H9ClN2O2.C4H3ClN2O/c1-16-10-3-2-7(12)4-8(10)9-5-11(15)14-6-13-9;5-3-1-4(8)7-2-6-3/h2-6H,1H3,(H,13,14,15);1-2H,(H,6,7,8). The first kappa shape index (κ1) is 17.7. The minimum Gasteiger partial charge on any atom is -0.496 e. The number of nitrogens with one attached hydrogen (secondary N) is 2. The van der Waals surface area contributed by atoms with E-state index in [4.69, 9.17) is 27.9 Å². The smallest absolute Gasteiger partial charge is 0.252 e. The first-order chi connectivity index (χ1) is 11.5. The van der Waals surface area contributed by atoms with E-state index in [1.807, 2.05) is 0 Å². The van der Waals surface area contributed by atoms with Crippen molar-refractivity contribution in [3.05, 3.63) is 73.9 Å². The number of H-pyrrole nitrogens is 2. The van der Waals surface area contributed by atoms with Gasteiger partial charge in [0.25, 0.3) is 11.1 Å². The summed E-state index contributed by atoms with van der Waals surface area (Å²) in [5.74, 6) is 0.627. The normalized spacial score (nSPS) is 9.79. The van der Waals surface area contributed by atoms with Crippen molar-refractivity contribution in [3.63, 3.8) is 0 Å². The molecule has 2 heterocycles. The minimum absolute atomic E-state index is 0.216. The van der Waals surface area contributed by atoms with Gasteiger partial charge in [0.1, 0.15) is 10.9 Å². The van der Waals surface area contributed by atoms with Crippen molar-refractivity contribution < 1.29 is 4.74 Å². The maximum Gasteiger partial charge on any atom is 0.252 e. The van der Waals surface area contributed by atoms with Gasteiger partial charge in [-0.25, -0.2) is 9.97 Å². The van der Waals surface area contributed by atoms with Crippen LogP contribution in [0.3, 0.4) is 0 Å². The third-order valence-corrected chi connectivity index (χ3v) is 3.20. The predicted molar refractivity (Wildman–Crippen MR) is 91.7 cm³/mol. The largest absolute Gasteiger partial charge is 0.496 e. The summed E-state index contributed by atoms with van der Waals surface area (Å²) in [5.41, 5.74) is 0.779. The Morgan fingerprint density at radius 2 is 1.62 bits per heavy atom. The van der Waals surface area contributed by atoms with Crippen molar-refractivity contribution in [2.45, 2.75) is 0 Å². The summed E-state index contributed by atoms with van der Waals surface area (Å²) in [5, 5.41) is 0.784. The number of rotatable bonds is 2. The molecule has 0 aliphatic heterocycles. The summed E-state index contributed by atoms with van der Waals surface area (Å²) in [6, 6.07) is 7.77. The molecule has 0 saturated carbocycles. The van der Waals surface area contributed by atoms with Crippen molar-refractivity contribution in [2.24, 2.45) is 0 Å². The second-order valence-corrected chi connectivity index (χ2v) is 5.20. The molecule has 9 heteroatoms. The monoisotopic (exact) mass is 366 g/mol. The van der Waals surface area contributed by atoms with Crippen LogP contribution in [0.15, 0.2) is 52.6 Å². The topological polar surface area (TPSA) is 101 Å². The van der Waals surface area contributed by atoms with Gasteiger partial charge in [-0.1, -0.05) is 23.2 Å². The summed E-state index contributed by atoms with van der Waals surface area (Å²) in [6.45, 7) is 0. The Morgan fingerprint density at radius 1 is 0.958 bits per heavy atom. The Morgan fingerprint density at radius 3 is 2.17 bits per heavy atom. The lowest BCUT2D eigenvalue weighted by Gasteiger charge is -2.07. The summed E-state index contributed by atoms with van der Waals surface area (Å²) < 4.78 is 5.18. The predicted octanol–water partition coefficient (Wildman–Crippen LogP) is 2.52. The molecule has 124 valence electrons. The van der Waals surface area contributed by atoms with Crippen LogP contribution in [0.25, 0.3) is 11.3 Å². The third-order valence-electron chi connectivity index (χ3n) is 2.76. The molecule has 0 atom stereocenters. The van der Waals surface area contributed by atoms with E-state index in [0.29, 0.717) is 22.0 Å². The highest BCUT2D eigenvalue weighted by Gasteiger charge is 2.08. The highest BCUT2D eigenvalue weighted by molar-refractivity contribution is 6.31. The number of aromatic amines is 2. The number of halogens is 2. The highest BCUT2D eigenvalue weighted by Crippen LogP contribution is 2.30. The van der Waals surface area contributed by atoms with E-state index in [9.17, 15) is 9.59 Å². The quantitative estimate of drug-likeness (QED) is 0.678. The maximum absolute atomic E-state index is 11.2. The zero-order chi connectivity index (χ0) is 17.5. The van der Waals surface area contributed by atoms with Gasteiger partial charge in [-0.05, 0) is 18.2 Å². The minimum atomic E-state index is -0.231. The Balaban J connectivity index is 0.000000219. The summed E-state index contributed by atoms with van der Waals surface area (Å²) >= 11 is 11.2. The van der Waals surface area contributed by atoms with Crippen LogP contribution in [0.4, 0.5) is 0 Å². The van der Waals surface area contributed by atoms with Crippen molar-refractivity contribution in [1.29, 1.82) is 0 Å². The average Bonchev–Trinajstić information content (AvgIpc) is 2.55. The van der Waals surface area contributed by atoms with Gasteiger partial charge >= 0.3 is 0 Å². The summed E-state index contributed by atoms with van der Waals surface area (Å²) in [4.78, 5) is 33.9. The van der Waals surface area contributed by atoms with Gasteiger partial charge in [0, 0.05) is 22.7 Å². The molecule has 0 unspecified atom stereocenters. The average molecular weight is 367 g/mol. The first-order valence-electron chi connectivity index (χ1n) is 6.58. The SMILES string of the molecule is COc1ccc(Cl)cc1-c1cc(=O)[nH]cn1.O=c1cc(Cl)nc[nH]1. The van der Waals surface area contributed by atoms with Crippen LogP contribution in [0.2, 0.25) is 10.2 Å². The Kier molecular flexibility index (Phi) is 6.11. The zero-order valence-electron chi connectivity index (χ0n) is 12.4. The number of ether oxygens (including phenoxy) is 1. The fraction of sp³-hybridized carbons (Fsp3) is 0.0667. The second kappa shape index (κ2) is 8.28. The first-order valence-corrected chi connectivity index (χ1v) is 7.34. The molecule has 3 aromatic rings.